The smallest absolute Gasteiger partial charge is 0.216 e. The van der Waals surface area contributed by atoms with Crippen LogP contribution in [0.2, 0.25) is 0 Å². The van der Waals surface area contributed by atoms with Gasteiger partial charge in [0.15, 0.2) is 5.82 Å². The lowest BCUT2D eigenvalue weighted by Gasteiger charge is -2.04. The zero-order chi connectivity index (χ0) is 15.5. The highest BCUT2D eigenvalue weighted by molar-refractivity contribution is 7.71. The summed E-state index contributed by atoms with van der Waals surface area (Å²) in [5.41, 5.74) is 3.99. The number of hydrogen-bond acceptors (Lipinski definition) is 4. The molecule has 3 aromatic rings. The van der Waals surface area contributed by atoms with E-state index >= 15 is 0 Å². The summed E-state index contributed by atoms with van der Waals surface area (Å²) in [4.78, 5) is 4.01. The monoisotopic (exact) mass is 309 g/mol. The van der Waals surface area contributed by atoms with E-state index in [1.165, 1.54) is 5.56 Å². The summed E-state index contributed by atoms with van der Waals surface area (Å²) in [6, 6.07) is 11.9. The van der Waals surface area contributed by atoms with Crippen LogP contribution in [0.3, 0.4) is 0 Å². The van der Waals surface area contributed by atoms with Gasteiger partial charge in [0.1, 0.15) is 0 Å². The van der Waals surface area contributed by atoms with Crippen molar-refractivity contribution in [2.24, 2.45) is 5.10 Å². The van der Waals surface area contributed by atoms with Crippen LogP contribution in [-0.2, 0) is 0 Å². The second-order valence-electron chi connectivity index (χ2n) is 4.95. The molecule has 1 aromatic carbocycles. The molecule has 2 aromatic heterocycles. The second-order valence-corrected chi connectivity index (χ2v) is 5.34. The lowest BCUT2D eigenvalue weighted by atomic mass is 10.1. The fraction of sp³-hybridized carbons (Fsp3) is 0.125. The molecule has 0 aliphatic heterocycles. The number of aromatic amines is 1. The third-order valence-electron chi connectivity index (χ3n) is 3.31. The molecule has 3 rings (SSSR count). The Kier molecular flexibility index (Phi) is 3.93. The first-order valence-electron chi connectivity index (χ1n) is 6.85. The molecule has 0 radical (unpaired) electrons. The van der Waals surface area contributed by atoms with Crippen molar-refractivity contribution in [1.82, 2.24) is 19.9 Å². The molecule has 0 saturated carbocycles. The quantitative estimate of drug-likeness (QED) is 0.594. The van der Waals surface area contributed by atoms with Gasteiger partial charge in [-0.1, -0.05) is 29.8 Å². The van der Waals surface area contributed by atoms with E-state index in [4.69, 9.17) is 12.2 Å². The van der Waals surface area contributed by atoms with Crippen molar-refractivity contribution in [1.29, 1.82) is 0 Å². The summed E-state index contributed by atoms with van der Waals surface area (Å²) < 4.78 is 2.11. The van der Waals surface area contributed by atoms with Crippen molar-refractivity contribution in [2.75, 3.05) is 0 Å². The fourth-order valence-electron chi connectivity index (χ4n) is 2.07. The zero-order valence-electron chi connectivity index (χ0n) is 12.3. The molecule has 0 spiro atoms. The largest absolute Gasteiger partial charge is 0.265 e. The van der Waals surface area contributed by atoms with E-state index in [-0.39, 0.29) is 0 Å². The molecule has 0 atom stereocenters. The van der Waals surface area contributed by atoms with Gasteiger partial charge < -0.3 is 0 Å². The highest BCUT2D eigenvalue weighted by Gasteiger charge is 2.09. The molecule has 0 unspecified atom stereocenters. The molecule has 110 valence electrons. The topological polar surface area (TPSA) is 58.9 Å². The van der Waals surface area contributed by atoms with E-state index in [9.17, 15) is 0 Å². The molecule has 0 aliphatic rings. The maximum atomic E-state index is 5.29. The number of rotatable bonds is 3. The Labute approximate surface area is 133 Å². The van der Waals surface area contributed by atoms with E-state index in [0.29, 0.717) is 10.6 Å². The van der Waals surface area contributed by atoms with Crippen molar-refractivity contribution in [3.8, 4) is 11.4 Å². The third kappa shape index (κ3) is 2.87. The summed E-state index contributed by atoms with van der Waals surface area (Å²) in [5, 5.41) is 11.7. The average Bonchev–Trinajstić information content (AvgIpc) is 2.90. The summed E-state index contributed by atoms with van der Waals surface area (Å²) in [5.74, 6) is 0.693. The van der Waals surface area contributed by atoms with Gasteiger partial charge in [-0.3, -0.25) is 4.98 Å². The van der Waals surface area contributed by atoms with Gasteiger partial charge in [-0.15, -0.1) is 0 Å². The first kappa shape index (κ1) is 14.3. The normalized spacial score (nSPS) is 11.6. The van der Waals surface area contributed by atoms with Gasteiger partial charge in [-0.2, -0.15) is 14.9 Å². The van der Waals surface area contributed by atoms with Crippen molar-refractivity contribution in [2.45, 2.75) is 13.8 Å². The van der Waals surface area contributed by atoms with E-state index in [1.54, 1.807) is 17.1 Å². The summed E-state index contributed by atoms with van der Waals surface area (Å²) >= 11 is 5.29. The summed E-state index contributed by atoms with van der Waals surface area (Å²) in [6.07, 6.45) is 3.48. The standard InChI is InChI=1S/C16H15N5S/c1-11-3-5-14(6-4-11)15-18-19-16(22)21(15)20-12(2)13-7-9-17-10-8-13/h3-10H,1-2H3,(H,19,22). The Bertz CT molecular complexity index is 860. The first-order chi connectivity index (χ1) is 10.6. The Morgan fingerprint density at radius 2 is 1.82 bits per heavy atom. The predicted octanol–water partition coefficient (Wildman–Crippen LogP) is 3.58. The number of aryl methyl sites for hydroxylation is 1. The van der Waals surface area contributed by atoms with Crippen molar-refractivity contribution >= 4 is 17.9 Å². The molecule has 2 heterocycles. The van der Waals surface area contributed by atoms with Crippen LogP contribution in [0.5, 0.6) is 0 Å². The molecule has 0 aliphatic carbocycles. The molecule has 0 fully saturated rings. The minimum Gasteiger partial charge on any atom is -0.265 e. The minimum absolute atomic E-state index is 0.462. The number of pyridine rings is 1. The third-order valence-corrected chi connectivity index (χ3v) is 3.57. The van der Waals surface area contributed by atoms with Gasteiger partial charge in [0, 0.05) is 23.5 Å². The van der Waals surface area contributed by atoms with Gasteiger partial charge in [0.25, 0.3) is 0 Å². The van der Waals surface area contributed by atoms with Gasteiger partial charge >= 0.3 is 0 Å². The van der Waals surface area contributed by atoms with Crippen molar-refractivity contribution < 1.29 is 0 Å². The molecule has 5 nitrogen and oxygen atoms in total. The van der Waals surface area contributed by atoms with Crippen LogP contribution in [0.15, 0.2) is 53.9 Å². The number of aromatic nitrogens is 4. The Morgan fingerprint density at radius 1 is 1.14 bits per heavy atom. The van der Waals surface area contributed by atoms with Gasteiger partial charge in [0.05, 0.1) is 5.71 Å². The number of benzene rings is 1. The lowest BCUT2D eigenvalue weighted by molar-refractivity contribution is 0.864. The van der Waals surface area contributed by atoms with Crippen LogP contribution in [0.1, 0.15) is 18.1 Å². The first-order valence-corrected chi connectivity index (χ1v) is 7.26. The second kappa shape index (κ2) is 6.03. The predicted molar refractivity (Wildman–Crippen MR) is 89.4 cm³/mol. The highest BCUT2D eigenvalue weighted by atomic mass is 32.1. The van der Waals surface area contributed by atoms with Crippen LogP contribution >= 0.6 is 12.2 Å². The lowest BCUT2D eigenvalue weighted by Crippen LogP contribution is -2.01. The molecule has 22 heavy (non-hydrogen) atoms. The maximum Gasteiger partial charge on any atom is 0.216 e. The van der Waals surface area contributed by atoms with Crippen LogP contribution in [0, 0.1) is 11.7 Å². The van der Waals surface area contributed by atoms with Crippen molar-refractivity contribution in [3.05, 3.63) is 64.7 Å². The fourth-order valence-corrected chi connectivity index (χ4v) is 2.25. The summed E-state index contributed by atoms with van der Waals surface area (Å²) in [6.45, 7) is 3.98. The molecule has 6 heteroatoms. The van der Waals surface area contributed by atoms with Gasteiger partial charge in [-0.05, 0) is 38.2 Å². The van der Waals surface area contributed by atoms with E-state index in [0.717, 1.165) is 16.8 Å². The summed E-state index contributed by atoms with van der Waals surface area (Å²) in [7, 11) is 0. The molecular formula is C16H15N5S. The Hall–Kier alpha value is -2.60. The number of nitrogens with zero attached hydrogens (tertiary/aromatic N) is 4. The molecular weight excluding hydrogens is 294 g/mol. The number of H-pyrrole nitrogens is 1. The Balaban J connectivity index is 2.07. The molecule has 0 saturated heterocycles. The van der Waals surface area contributed by atoms with Crippen LogP contribution in [0.25, 0.3) is 11.4 Å². The molecule has 0 bridgehead atoms. The van der Waals surface area contributed by atoms with Crippen molar-refractivity contribution in [3.63, 3.8) is 0 Å². The number of hydrogen-bond donors (Lipinski definition) is 1. The van der Waals surface area contributed by atoms with E-state index in [1.807, 2.05) is 50.2 Å². The van der Waals surface area contributed by atoms with E-state index < -0.39 is 0 Å². The maximum absolute atomic E-state index is 5.29. The van der Waals surface area contributed by atoms with Crippen LogP contribution in [-0.4, -0.2) is 25.6 Å². The molecule has 1 N–H and O–H groups in total. The Morgan fingerprint density at radius 3 is 2.50 bits per heavy atom. The van der Waals surface area contributed by atoms with Crippen LogP contribution < -0.4 is 0 Å². The van der Waals surface area contributed by atoms with Gasteiger partial charge in [-0.25, -0.2) is 5.10 Å². The molecule has 0 amide bonds. The zero-order valence-corrected chi connectivity index (χ0v) is 13.1. The van der Waals surface area contributed by atoms with Gasteiger partial charge in [0.2, 0.25) is 4.77 Å². The van der Waals surface area contributed by atoms with Crippen LogP contribution in [0.4, 0.5) is 0 Å². The minimum atomic E-state index is 0.462. The van der Waals surface area contributed by atoms with E-state index in [2.05, 4.69) is 20.3 Å². The SMILES string of the molecule is CC(=Nn1c(-c2ccc(C)cc2)n[nH]c1=S)c1ccncc1. The average molecular weight is 309 g/mol. The number of nitrogens with one attached hydrogen (secondary N) is 1. The highest BCUT2D eigenvalue weighted by Crippen LogP contribution is 2.18.